The van der Waals surface area contributed by atoms with Gasteiger partial charge < -0.3 is 9.64 Å². The molecule has 0 fully saturated rings. The van der Waals surface area contributed by atoms with E-state index < -0.39 is 0 Å². The van der Waals surface area contributed by atoms with Crippen LogP contribution in [0, 0.1) is 0 Å². The smallest absolute Gasteiger partial charge is 0.137 e. The molecule has 0 N–H and O–H groups in total. The fourth-order valence-corrected chi connectivity index (χ4v) is 1.99. The van der Waals surface area contributed by atoms with Gasteiger partial charge in [-0.25, -0.2) is 0 Å². The first-order chi connectivity index (χ1) is 8.21. The van der Waals surface area contributed by atoms with Crippen molar-refractivity contribution in [2.75, 3.05) is 26.2 Å². The number of alkyl halides is 1. The summed E-state index contributed by atoms with van der Waals surface area (Å²) in [5, 5.41) is 0.627. The van der Waals surface area contributed by atoms with E-state index >= 15 is 0 Å². The summed E-state index contributed by atoms with van der Waals surface area (Å²) in [5.41, 5.74) is 1.01. The topological polar surface area (TPSA) is 12.5 Å². The Bertz CT molecular complexity index is 343. The molecular weight excluding hydrogens is 293 g/mol. The van der Waals surface area contributed by atoms with Gasteiger partial charge in [-0.3, -0.25) is 0 Å². The average molecular weight is 313 g/mol. The Morgan fingerprint density at radius 3 is 2.39 bits per heavy atom. The highest BCUT2D eigenvalue weighted by molar-refractivity contribution is 6.32. The first-order valence-corrected chi connectivity index (χ1v) is 6.82. The molecule has 0 heterocycles. The van der Waals surface area contributed by atoms with E-state index in [-0.39, 0.29) is 12.4 Å². The third-order valence-electron chi connectivity index (χ3n) is 2.71. The minimum absolute atomic E-state index is 0. The van der Waals surface area contributed by atoms with Crippen LogP contribution in [-0.4, -0.2) is 31.1 Å². The molecule has 1 rings (SSSR count). The molecule has 0 unspecified atom stereocenters. The van der Waals surface area contributed by atoms with E-state index in [4.69, 9.17) is 27.9 Å². The maximum Gasteiger partial charge on any atom is 0.137 e. The number of rotatable bonds is 7. The molecule has 0 aromatic heterocycles. The maximum atomic E-state index is 6.09. The Morgan fingerprint density at radius 1 is 1.22 bits per heavy atom. The lowest BCUT2D eigenvalue weighted by atomic mass is 10.2. The van der Waals surface area contributed by atoms with Gasteiger partial charge in [-0.2, -0.15) is 0 Å². The van der Waals surface area contributed by atoms with Crippen LogP contribution in [0.1, 0.15) is 19.4 Å². The zero-order valence-electron chi connectivity index (χ0n) is 10.8. The molecule has 0 radical (unpaired) electrons. The van der Waals surface area contributed by atoms with Crippen molar-refractivity contribution < 1.29 is 4.74 Å². The number of nitrogens with zero attached hydrogens (tertiary/aromatic N) is 1. The highest BCUT2D eigenvalue weighted by Gasteiger charge is 2.04. The van der Waals surface area contributed by atoms with Crippen LogP contribution in [0.5, 0.6) is 5.75 Å². The van der Waals surface area contributed by atoms with Crippen molar-refractivity contribution in [1.29, 1.82) is 0 Å². The van der Waals surface area contributed by atoms with Crippen LogP contribution < -0.4 is 4.74 Å². The van der Waals surface area contributed by atoms with Crippen molar-refractivity contribution in [1.82, 2.24) is 4.90 Å². The molecular formula is C13H20Cl3NO. The Morgan fingerprint density at radius 2 is 1.89 bits per heavy atom. The summed E-state index contributed by atoms with van der Waals surface area (Å²) < 4.78 is 5.65. The van der Waals surface area contributed by atoms with Gasteiger partial charge in [0.15, 0.2) is 0 Å². The van der Waals surface area contributed by atoms with Gasteiger partial charge in [0.1, 0.15) is 12.4 Å². The van der Waals surface area contributed by atoms with E-state index in [1.165, 1.54) is 0 Å². The molecule has 0 amide bonds. The number of ether oxygens (including phenoxy) is 1. The normalized spacial score (nSPS) is 10.3. The van der Waals surface area contributed by atoms with Gasteiger partial charge in [0.05, 0.1) is 5.02 Å². The van der Waals surface area contributed by atoms with E-state index in [0.29, 0.717) is 17.5 Å². The van der Waals surface area contributed by atoms with Crippen molar-refractivity contribution in [2.45, 2.75) is 19.7 Å². The van der Waals surface area contributed by atoms with Crippen LogP contribution in [0.25, 0.3) is 0 Å². The molecule has 0 saturated heterocycles. The standard InChI is InChI=1S/C13H19Cl2NO.ClH/c1-3-16(4-2)7-8-17-13-6-5-11(10-14)9-12(13)15;/h5-6,9H,3-4,7-8,10H2,1-2H3;1H. The Balaban J connectivity index is 0.00000289. The lowest BCUT2D eigenvalue weighted by molar-refractivity contribution is 0.223. The number of halogens is 3. The second-order valence-electron chi connectivity index (χ2n) is 3.77. The van der Waals surface area contributed by atoms with Crippen molar-refractivity contribution in [3.8, 4) is 5.75 Å². The summed E-state index contributed by atoms with van der Waals surface area (Å²) >= 11 is 11.8. The predicted molar refractivity (Wildman–Crippen MR) is 81.5 cm³/mol. The lowest BCUT2D eigenvalue weighted by Gasteiger charge is -2.18. The van der Waals surface area contributed by atoms with Crippen molar-refractivity contribution in [3.63, 3.8) is 0 Å². The molecule has 18 heavy (non-hydrogen) atoms. The van der Waals surface area contributed by atoms with Gasteiger partial charge in [-0.05, 0) is 30.8 Å². The first-order valence-electron chi connectivity index (χ1n) is 5.90. The highest BCUT2D eigenvalue weighted by Crippen LogP contribution is 2.25. The van der Waals surface area contributed by atoms with Gasteiger partial charge in [-0.15, -0.1) is 24.0 Å². The largest absolute Gasteiger partial charge is 0.491 e. The monoisotopic (exact) mass is 311 g/mol. The molecule has 104 valence electrons. The third kappa shape index (κ3) is 5.66. The second-order valence-corrected chi connectivity index (χ2v) is 4.45. The highest BCUT2D eigenvalue weighted by atomic mass is 35.5. The summed E-state index contributed by atoms with van der Waals surface area (Å²) in [4.78, 5) is 2.31. The quantitative estimate of drug-likeness (QED) is 0.699. The average Bonchev–Trinajstić information content (AvgIpc) is 2.36. The molecule has 0 atom stereocenters. The SMILES string of the molecule is CCN(CC)CCOc1ccc(CCl)cc1Cl.Cl. The number of hydrogen-bond acceptors (Lipinski definition) is 2. The van der Waals surface area contributed by atoms with Gasteiger partial charge in [0.25, 0.3) is 0 Å². The summed E-state index contributed by atoms with van der Waals surface area (Å²) in [6.07, 6.45) is 0. The van der Waals surface area contributed by atoms with E-state index in [9.17, 15) is 0 Å². The zero-order chi connectivity index (χ0) is 12.7. The van der Waals surface area contributed by atoms with Crippen molar-refractivity contribution in [3.05, 3.63) is 28.8 Å². The predicted octanol–water partition coefficient (Wildman–Crippen LogP) is 4.22. The summed E-state index contributed by atoms with van der Waals surface area (Å²) in [7, 11) is 0. The second kappa shape index (κ2) is 9.74. The van der Waals surface area contributed by atoms with Gasteiger partial charge >= 0.3 is 0 Å². The fraction of sp³-hybridized carbons (Fsp3) is 0.538. The maximum absolute atomic E-state index is 6.09. The molecule has 1 aromatic rings. The molecule has 0 spiro atoms. The minimum Gasteiger partial charge on any atom is -0.491 e. The Hall–Kier alpha value is -0.150. The number of likely N-dealkylation sites (N-methyl/N-ethyl adjacent to an activating group) is 1. The third-order valence-corrected chi connectivity index (χ3v) is 3.31. The van der Waals surface area contributed by atoms with Crippen LogP contribution >= 0.6 is 35.6 Å². The summed E-state index contributed by atoms with van der Waals surface area (Å²) in [5.74, 6) is 1.20. The van der Waals surface area contributed by atoms with E-state index in [1.54, 1.807) is 0 Å². The molecule has 2 nitrogen and oxygen atoms in total. The van der Waals surface area contributed by atoms with Crippen LogP contribution in [0.4, 0.5) is 0 Å². The van der Waals surface area contributed by atoms with Crippen molar-refractivity contribution in [2.24, 2.45) is 0 Å². The molecule has 1 aromatic carbocycles. The van der Waals surface area contributed by atoms with Crippen LogP contribution in [-0.2, 0) is 5.88 Å². The van der Waals surface area contributed by atoms with Crippen molar-refractivity contribution >= 4 is 35.6 Å². The molecule has 0 bridgehead atoms. The number of hydrogen-bond donors (Lipinski definition) is 0. The zero-order valence-corrected chi connectivity index (χ0v) is 13.1. The summed E-state index contributed by atoms with van der Waals surface area (Å²) in [6, 6.07) is 5.66. The Labute approximate surface area is 126 Å². The van der Waals surface area contributed by atoms with E-state index in [1.807, 2.05) is 18.2 Å². The van der Waals surface area contributed by atoms with E-state index in [0.717, 1.165) is 30.9 Å². The first kappa shape index (κ1) is 17.8. The molecule has 0 aliphatic carbocycles. The van der Waals surface area contributed by atoms with Crippen LogP contribution in [0.15, 0.2) is 18.2 Å². The van der Waals surface area contributed by atoms with Gasteiger partial charge in [-0.1, -0.05) is 31.5 Å². The van der Waals surface area contributed by atoms with Gasteiger partial charge in [0.2, 0.25) is 0 Å². The lowest BCUT2D eigenvalue weighted by Crippen LogP contribution is -2.27. The number of benzene rings is 1. The van der Waals surface area contributed by atoms with E-state index in [2.05, 4.69) is 18.7 Å². The Kier molecular flexibility index (Phi) is 9.66. The van der Waals surface area contributed by atoms with Crippen LogP contribution in [0.3, 0.4) is 0 Å². The molecule has 5 heteroatoms. The minimum atomic E-state index is 0. The fourth-order valence-electron chi connectivity index (χ4n) is 1.57. The van der Waals surface area contributed by atoms with Crippen LogP contribution in [0.2, 0.25) is 5.02 Å². The molecule has 0 saturated carbocycles. The summed E-state index contributed by atoms with van der Waals surface area (Å²) in [6.45, 7) is 7.94. The molecule has 0 aliphatic rings. The molecule has 0 aliphatic heterocycles. The van der Waals surface area contributed by atoms with Gasteiger partial charge in [0, 0.05) is 12.4 Å².